The SMILES string of the molecule is Clc1cccc(-c2nc[nH]c2-c2ccccc2)c1. The standard InChI is InChI=1S/C15H11ClN2/c16-13-8-4-7-12(9-13)15-14(17-10-18-15)11-5-2-1-3-6-11/h1-10H,(H,17,18). The molecule has 0 saturated heterocycles. The van der Waals surface area contributed by atoms with Crippen molar-refractivity contribution in [2.24, 2.45) is 0 Å². The topological polar surface area (TPSA) is 28.7 Å². The smallest absolute Gasteiger partial charge is 0.0961 e. The minimum atomic E-state index is 0.717. The average molecular weight is 255 g/mol. The largest absolute Gasteiger partial charge is 0.344 e. The number of imidazole rings is 1. The molecule has 0 bridgehead atoms. The van der Waals surface area contributed by atoms with E-state index in [1.807, 2.05) is 42.5 Å². The molecule has 88 valence electrons. The summed E-state index contributed by atoms with van der Waals surface area (Å²) >= 11 is 6.02. The number of aromatic nitrogens is 2. The molecule has 2 nitrogen and oxygen atoms in total. The molecule has 0 aliphatic carbocycles. The highest BCUT2D eigenvalue weighted by Gasteiger charge is 2.09. The number of nitrogens with one attached hydrogen (secondary N) is 1. The number of aromatic amines is 1. The average Bonchev–Trinajstić information content (AvgIpc) is 2.89. The van der Waals surface area contributed by atoms with Crippen molar-refractivity contribution in [1.29, 1.82) is 0 Å². The van der Waals surface area contributed by atoms with Crippen molar-refractivity contribution in [3.05, 3.63) is 65.9 Å². The van der Waals surface area contributed by atoms with Crippen molar-refractivity contribution in [2.45, 2.75) is 0 Å². The van der Waals surface area contributed by atoms with Gasteiger partial charge in [0.25, 0.3) is 0 Å². The number of hydrogen-bond acceptors (Lipinski definition) is 1. The van der Waals surface area contributed by atoms with Crippen molar-refractivity contribution in [2.75, 3.05) is 0 Å². The molecule has 0 amide bonds. The molecule has 0 spiro atoms. The minimum Gasteiger partial charge on any atom is -0.344 e. The molecule has 0 radical (unpaired) electrons. The zero-order valence-electron chi connectivity index (χ0n) is 9.60. The van der Waals surface area contributed by atoms with E-state index in [-0.39, 0.29) is 0 Å². The van der Waals surface area contributed by atoms with Gasteiger partial charge >= 0.3 is 0 Å². The van der Waals surface area contributed by atoms with E-state index in [9.17, 15) is 0 Å². The summed E-state index contributed by atoms with van der Waals surface area (Å²) in [7, 11) is 0. The van der Waals surface area contributed by atoms with E-state index in [4.69, 9.17) is 11.6 Å². The van der Waals surface area contributed by atoms with E-state index in [0.29, 0.717) is 0 Å². The number of benzene rings is 2. The van der Waals surface area contributed by atoms with Gasteiger partial charge in [0, 0.05) is 16.1 Å². The second kappa shape index (κ2) is 4.67. The third kappa shape index (κ3) is 2.03. The van der Waals surface area contributed by atoms with Gasteiger partial charge in [0.2, 0.25) is 0 Å². The van der Waals surface area contributed by atoms with Gasteiger partial charge in [-0.2, -0.15) is 0 Å². The fourth-order valence-electron chi connectivity index (χ4n) is 1.97. The molecule has 2 aromatic carbocycles. The van der Waals surface area contributed by atoms with Crippen LogP contribution in [0.2, 0.25) is 5.02 Å². The minimum absolute atomic E-state index is 0.717. The van der Waals surface area contributed by atoms with Crippen molar-refractivity contribution in [3.8, 4) is 22.5 Å². The second-order valence-corrected chi connectivity index (χ2v) is 4.44. The number of rotatable bonds is 2. The van der Waals surface area contributed by atoms with Crippen LogP contribution in [0.15, 0.2) is 60.9 Å². The molecule has 1 heterocycles. The Hall–Kier alpha value is -2.06. The Morgan fingerprint density at radius 3 is 2.44 bits per heavy atom. The molecule has 0 aliphatic heterocycles. The lowest BCUT2D eigenvalue weighted by Crippen LogP contribution is -1.83. The van der Waals surface area contributed by atoms with Crippen LogP contribution in [-0.4, -0.2) is 9.97 Å². The molecule has 1 N–H and O–H groups in total. The lowest BCUT2D eigenvalue weighted by molar-refractivity contribution is 1.31. The maximum atomic E-state index is 6.02. The van der Waals surface area contributed by atoms with Crippen molar-refractivity contribution in [1.82, 2.24) is 9.97 Å². The maximum Gasteiger partial charge on any atom is 0.0961 e. The summed E-state index contributed by atoms with van der Waals surface area (Å²) in [6.07, 6.45) is 1.71. The van der Waals surface area contributed by atoms with E-state index in [0.717, 1.165) is 27.5 Å². The number of H-pyrrole nitrogens is 1. The van der Waals surface area contributed by atoms with Crippen LogP contribution < -0.4 is 0 Å². The zero-order chi connectivity index (χ0) is 12.4. The molecule has 0 saturated carbocycles. The first-order chi connectivity index (χ1) is 8.84. The molecule has 3 aromatic rings. The Kier molecular flexibility index (Phi) is 2.87. The lowest BCUT2D eigenvalue weighted by Gasteiger charge is -2.03. The molecule has 0 aliphatic rings. The van der Waals surface area contributed by atoms with Gasteiger partial charge < -0.3 is 4.98 Å². The van der Waals surface area contributed by atoms with Crippen LogP contribution in [-0.2, 0) is 0 Å². The Morgan fingerprint density at radius 1 is 0.889 bits per heavy atom. The van der Waals surface area contributed by atoms with Gasteiger partial charge in [0.05, 0.1) is 17.7 Å². The Balaban J connectivity index is 2.13. The number of hydrogen-bond donors (Lipinski definition) is 1. The zero-order valence-corrected chi connectivity index (χ0v) is 10.4. The fourth-order valence-corrected chi connectivity index (χ4v) is 2.16. The first-order valence-corrected chi connectivity index (χ1v) is 6.07. The highest BCUT2D eigenvalue weighted by atomic mass is 35.5. The van der Waals surface area contributed by atoms with Crippen molar-refractivity contribution >= 4 is 11.6 Å². The maximum absolute atomic E-state index is 6.02. The van der Waals surface area contributed by atoms with Crippen LogP contribution in [0.5, 0.6) is 0 Å². The van der Waals surface area contributed by atoms with Crippen molar-refractivity contribution < 1.29 is 0 Å². The molecular weight excluding hydrogens is 244 g/mol. The van der Waals surface area contributed by atoms with E-state index in [1.54, 1.807) is 6.33 Å². The first-order valence-electron chi connectivity index (χ1n) is 5.69. The summed E-state index contributed by atoms with van der Waals surface area (Å²) in [5.74, 6) is 0. The van der Waals surface area contributed by atoms with Crippen LogP contribution >= 0.6 is 11.6 Å². The summed E-state index contributed by atoms with van der Waals surface area (Å²) < 4.78 is 0. The van der Waals surface area contributed by atoms with E-state index in [1.165, 1.54) is 0 Å². The molecule has 3 heteroatoms. The van der Waals surface area contributed by atoms with Crippen LogP contribution in [0, 0.1) is 0 Å². The summed E-state index contributed by atoms with van der Waals surface area (Å²) in [4.78, 5) is 7.58. The van der Waals surface area contributed by atoms with Crippen molar-refractivity contribution in [3.63, 3.8) is 0 Å². The monoisotopic (exact) mass is 254 g/mol. The van der Waals surface area contributed by atoms with E-state index in [2.05, 4.69) is 22.1 Å². The molecule has 18 heavy (non-hydrogen) atoms. The highest BCUT2D eigenvalue weighted by molar-refractivity contribution is 6.30. The van der Waals surface area contributed by atoms with Gasteiger partial charge in [-0.3, -0.25) is 0 Å². The van der Waals surface area contributed by atoms with E-state index < -0.39 is 0 Å². The summed E-state index contributed by atoms with van der Waals surface area (Å²) in [5, 5.41) is 0.717. The Bertz CT molecular complexity index is 659. The number of nitrogens with zero attached hydrogens (tertiary/aromatic N) is 1. The first kappa shape index (κ1) is 11.1. The molecule has 3 rings (SSSR count). The van der Waals surface area contributed by atoms with Gasteiger partial charge in [0.15, 0.2) is 0 Å². The number of halogens is 1. The van der Waals surface area contributed by atoms with Crippen LogP contribution in [0.25, 0.3) is 22.5 Å². The van der Waals surface area contributed by atoms with Crippen LogP contribution in [0.4, 0.5) is 0 Å². The Morgan fingerprint density at radius 2 is 1.67 bits per heavy atom. The third-order valence-corrected chi connectivity index (χ3v) is 3.03. The van der Waals surface area contributed by atoms with Crippen LogP contribution in [0.3, 0.4) is 0 Å². The van der Waals surface area contributed by atoms with Gasteiger partial charge in [0.1, 0.15) is 0 Å². The van der Waals surface area contributed by atoms with Gasteiger partial charge in [-0.1, -0.05) is 54.1 Å². The van der Waals surface area contributed by atoms with Gasteiger partial charge in [-0.05, 0) is 12.1 Å². The molecule has 0 atom stereocenters. The molecular formula is C15H11ClN2. The highest BCUT2D eigenvalue weighted by Crippen LogP contribution is 2.29. The van der Waals surface area contributed by atoms with Crippen LogP contribution in [0.1, 0.15) is 0 Å². The summed E-state index contributed by atoms with van der Waals surface area (Å²) in [5.41, 5.74) is 4.06. The lowest BCUT2D eigenvalue weighted by atomic mass is 10.1. The second-order valence-electron chi connectivity index (χ2n) is 4.00. The van der Waals surface area contributed by atoms with Gasteiger partial charge in [-0.25, -0.2) is 4.98 Å². The predicted molar refractivity (Wildman–Crippen MR) is 74.5 cm³/mol. The fraction of sp³-hybridized carbons (Fsp3) is 0. The van der Waals surface area contributed by atoms with E-state index >= 15 is 0 Å². The normalized spacial score (nSPS) is 10.5. The Labute approximate surface area is 110 Å². The van der Waals surface area contributed by atoms with Gasteiger partial charge in [-0.15, -0.1) is 0 Å². The molecule has 0 fully saturated rings. The molecule has 0 unspecified atom stereocenters. The molecule has 1 aromatic heterocycles. The third-order valence-electron chi connectivity index (χ3n) is 2.80. The summed E-state index contributed by atoms with van der Waals surface area (Å²) in [6.45, 7) is 0. The summed E-state index contributed by atoms with van der Waals surface area (Å²) in [6, 6.07) is 17.9. The quantitative estimate of drug-likeness (QED) is 0.722. The predicted octanol–water partition coefficient (Wildman–Crippen LogP) is 4.40.